The van der Waals surface area contributed by atoms with Crippen molar-refractivity contribution in [3.63, 3.8) is 0 Å². The number of aromatic nitrogens is 1. The largest absolute Gasteiger partial charge is 0.493 e. The van der Waals surface area contributed by atoms with Gasteiger partial charge in [-0.3, -0.25) is 0 Å². The molecule has 5 heteroatoms. The lowest BCUT2D eigenvalue weighted by Gasteiger charge is -2.21. The average Bonchev–Trinajstić information content (AvgIpc) is 2.78. The zero-order valence-electron chi connectivity index (χ0n) is 18.0. The summed E-state index contributed by atoms with van der Waals surface area (Å²) in [5.74, 6) is 0.533. The van der Waals surface area contributed by atoms with Crippen LogP contribution in [0.15, 0.2) is 42.5 Å². The summed E-state index contributed by atoms with van der Waals surface area (Å²) < 4.78 is 11.4. The van der Waals surface area contributed by atoms with Gasteiger partial charge in [-0.15, -0.1) is 0 Å². The Bertz CT molecular complexity index is 1150. The number of hydrogen-bond donors (Lipinski definition) is 1. The first kappa shape index (κ1) is 20.9. The van der Waals surface area contributed by atoms with Gasteiger partial charge in [-0.1, -0.05) is 37.6 Å². The predicted octanol–water partition coefficient (Wildman–Crippen LogP) is 6.00. The number of para-hydroxylation sites is 1. The second-order valence-corrected chi connectivity index (χ2v) is 7.77. The minimum atomic E-state index is -0.896. The second kappa shape index (κ2) is 9.21. The van der Waals surface area contributed by atoms with Gasteiger partial charge in [-0.25, -0.2) is 9.78 Å². The molecule has 1 N–H and O–H groups in total. The van der Waals surface area contributed by atoms with Crippen LogP contribution in [0.5, 0.6) is 11.5 Å². The number of aromatic carboxylic acids is 1. The molecule has 31 heavy (non-hydrogen) atoms. The zero-order valence-corrected chi connectivity index (χ0v) is 18.0. The standard InChI is InChI=1S/C26H27NO4/c1-3-4-14-31-23-16-17(12-13-22(23)30-2)15-18-8-7-10-20-24(26(28)29)19-9-5-6-11-21(19)27-25(18)20/h5-6,9,11-13,15-16H,3-4,7-8,10,14H2,1-2H3,(H,28,29)/b18-15+. The van der Waals surface area contributed by atoms with Crippen molar-refractivity contribution in [2.24, 2.45) is 0 Å². The molecule has 0 saturated heterocycles. The first-order chi connectivity index (χ1) is 15.1. The van der Waals surface area contributed by atoms with Crippen LogP contribution in [-0.2, 0) is 6.42 Å². The molecule has 2 aromatic carbocycles. The summed E-state index contributed by atoms with van der Waals surface area (Å²) >= 11 is 0. The van der Waals surface area contributed by atoms with Gasteiger partial charge in [0.05, 0.1) is 30.5 Å². The van der Waals surface area contributed by atoms with E-state index >= 15 is 0 Å². The molecule has 0 fully saturated rings. The number of rotatable bonds is 7. The topological polar surface area (TPSA) is 68.7 Å². The third-order valence-corrected chi connectivity index (χ3v) is 5.67. The van der Waals surface area contributed by atoms with E-state index in [4.69, 9.17) is 14.5 Å². The molecule has 1 aromatic heterocycles. The van der Waals surface area contributed by atoms with E-state index < -0.39 is 5.97 Å². The molecule has 0 unspecified atom stereocenters. The highest BCUT2D eigenvalue weighted by Crippen LogP contribution is 2.37. The number of benzene rings is 2. The van der Waals surface area contributed by atoms with Crippen molar-refractivity contribution in [1.82, 2.24) is 4.98 Å². The lowest BCUT2D eigenvalue weighted by Crippen LogP contribution is -2.13. The minimum Gasteiger partial charge on any atom is -0.493 e. The van der Waals surface area contributed by atoms with Gasteiger partial charge in [0, 0.05) is 5.39 Å². The Morgan fingerprint density at radius 2 is 2.00 bits per heavy atom. The van der Waals surface area contributed by atoms with Crippen molar-refractivity contribution >= 4 is 28.5 Å². The normalized spacial score (nSPS) is 14.5. The maximum absolute atomic E-state index is 12.1. The quantitative estimate of drug-likeness (QED) is 0.478. The molecule has 0 amide bonds. The fourth-order valence-corrected chi connectivity index (χ4v) is 4.14. The number of ether oxygens (including phenoxy) is 2. The summed E-state index contributed by atoms with van der Waals surface area (Å²) in [6, 6.07) is 13.4. The number of unbranched alkanes of at least 4 members (excludes halogenated alkanes) is 1. The molecule has 3 aromatic rings. The van der Waals surface area contributed by atoms with Gasteiger partial charge in [-0.05, 0) is 66.7 Å². The summed E-state index contributed by atoms with van der Waals surface area (Å²) in [6.07, 6.45) is 6.62. The number of hydrogen-bond acceptors (Lipinski definition) is 4. The maximum atomic E-state index is 12.1. The second-order valence-electron chi connectivity index (χ2n) is 7.77. The van der Waals surface area contributed by atoms with Gasteiger partial charge >= 0.3 is 5.97 Å². The number of pyridine rings is 1. The monoisotopic (exact) mass is 417 g/mol. The Morgan fingerprint density at radius 3 is 2.77 bits per heavy atom. The molecule has 0 saturated carbocycles. The number of allylic oxidation sites excluding steroid dienone is 1. The van der Waals surface area contributed by atoms with Crippen LogP contribution in [0.3, 0.4) is 0 Å². The lowest BCUT2D eigenvalue weighted by molar-refractivity contribution is 0.0697. The van der Waals surface area contributed by atoms with E-state index in [1.54, 1.807) is 7.11 Å². The molecule has 1 aliphatic carbocycles. The number of methoxy groups -OCH3 is 1. The number of carbonyl (C=O) groups is 1. The summed E-state index contributed by atoms with van der Waals surface area (Å²) in [7, 11) is 1.64. The third kappa shape index (κ3) is 4.26. The van der Waals surface area contributed by atoms with Gasteiger partial charge < -0.3 is 14.6 Å². The number of nitrogens with zero attached hydrogens (tertiary/aromatic N) is 1. The van der Waals surface area contributed by atoms with Crippen LogP contribution in [0.2, 0.25) is 0 Å². The van der Waals surface area contributed by atoms with Crippen molar-refractivity contribution < 1.29 is 19.4 Å². The summed E-state index contributed by atoms with van der Waals surface area (Å²) in [5, 5.41) is 10.6. The van der Waals surface area contributed by atoms with Crippen molar-refractivity contribution in [1.29, 1.82) is 0 Å². The zero-order chi connectivity index (χ0) is 21.8. The van der Waals surface area contributed by atoms with Crippen LogP contribution < -0.4 is 9.47 Å². The smallest absolute Gasteiger partial charge is 0.336 e. The maximum Gasteiger partial charge on any atom is 0.336 e. The Morgan fingerprint density at radius 1 is 1.16 bits per heavy atom. The highest BCUT2D eigenvalue weighted by Gasteiger charge is 2.24. The van der Waals surface area contributed by atoms with Gasteiger partial charge in [0.15, 0.2) is 11.5 Å². The minimum absolute atomic E-state index is 0.379. The molecular weight excluding hydrogens is 390 g/mol. The summed E-state index contributed by atoms with van der Waals surface area (Å²) in [5.41, 5.74) is 4.76. The summed E-state index contributed by atoms with van der Waals surface area (Å²) in [6.45, 7) is 2.77. The lowest BCUT2D eigenvalue weighted by atomic mass is 9.86. The van der Waals surface area contributed by atoms with Crippen molar-refractivity contribution in [3.05, 3.63) is 64.8 Å². The number of fused-ring (bicyclic) bond motifs is 2. The molecule has 0 spiro atoms. The molecule has 0 atom stereocenters. The Kier molecular flexibility index (Phi) is 6.21. The van der Waals surface area contributed by atoms with Gasteiger partial charge in [0.2, 0.25) is 0 Å². The van der Waals surface area contributed by atoms with Crippen molar-refractivity contribution in [2.45, 2.75) is 39.0 Å². The van der Waals surface area contributed by atoms with Gasteiger partial charge in [0.25, 0.3) is 0 Å². The van der Waals surface area contributed by atoms with E-state index in [9.17, 15) is 9.90 Å². The molecule has 0 aliphatic heterocycles. The molecule has 5 nitrogen and oxygen atoms in total. The Hall–Kier alpha value is -3.34. The van der Waals surface area contributed by atoms with Crippen molar-refractivity contribution in [3.8, 4) is 11.5 Å². The number of carboxylic acids is 1. The molecule has 160 valence electrons. The van der Waals surface area contributed by atoms with Crippen LogP contribution in [0.25, 0.3) is 22.6 Å². The van der Waals surface area contributed by atoms with E-state index in [0.717, 1.165) is 60.2 Å². The molecule has 4 rings (SSSR count). The molecular formula is C26H27NO4. The molecule has 0 radical (unpaired) electrons. The van der Waals surface area contributed by atoms with Crippen molar-refractivity contribution in [2.75, 3.05) is 13.7 Å². The first-order valence-corrected chi connectivity index (χ1v) is 10.8. The Labute approximate surface area is 182 Å². The fraction of sp³-hybridized carbons (Fsp3) is 0.308. The van der Waals surface area contributed by atoms with E-state index in [2.05, 4.69) is 13.0 Å². The average molecular weight is 418 g/mol. The molecule has 1 aliphatic rings. The summed E-state index contributed by atoms with van der Waals surface area (Å²) in [4.78, 5) is 17.0. The van der Waals surface area contributed by atoms with Crippen LogP contribution >= 0.6 is 0 Å². The van der Waals surface area contributed by atoms with E-state index in [-0.39, 0.29) is 0 Å². The highest BCUT2D eigenvalue weighted by atomic mass is 16.5. The van der Waals surface area contributed by atoms with Gasteiger partial charge in [-0.2, -0.15) is 0 Å². The molecule has 0 bridgehead atoms. The van der Waals surface area contributed by atoms with Crippen LogP contribution in [-0.4, -0.2) is 29.8 Å². The molecule has 1 heterocycles. The van der Waals surface area contributed by atoms with Crippen LogP contribution in [0.1, 0.15) is 59.8 Å². The van der Waals surface area contributed by atoms with E-state index in [0.29, 0.717) is 28.8 Å². The Balaban J connectivity index is 1.79. The van der Waals surface area contributed by atoms with Crippen LogP contribution in [0.4, 0.5) is 0 Å². The van der Waals surface area contributed by atoms with E-state index in [1.165, 1.54) is 0 Å². The SMILES string of the molecule is CCCCOc1cc(/C=C2\CCCc3c2nc2ccccc2c3C(=O)O)ccc1OC. The van der Waals surface area contributed by atoms with Crippen LogP contribution in [0, 0.1) is 0 Å². The first-order valence-electron chi connectivity index (χ1n) is 10.8. The van der Waals surface area contributed by atoms with E-state index in [1.807, 2.05) is 42.5 Å². The highest BCUT2D eigenvalue weighted by molar-refractivity contribution is 6.05. The third-order valence-electron chi connectivity index (χ3n) is 5.67. The van der Waals surface area contributed by atoms with Gasteiger partial charge in [0.1, 0.15) is 0 Å². The number of carboxylic acid groups (broad SMARTS) is 1. The fourth-order valence-electron chi connectivity index (χ4n) is 4.14. The predicted molar refractivity (Wildman–Crippen MR) is 123 cm³/mol.